The van der Waals surface area contributed by atoms with Gasteiger partial charge in [0.25, 0.3) is 0 Å². The molecule has 0 saturated carbocycles. The van der Waals surface area contributed by atoms with Gasteiger partial charge in [0.15, 0.2) is 0 Å². The van der Waals surface area contributed by atoms with Gasteiger partial charge in [0.05, 0.1) is 0 Å². The summed E-state index contributed by atoms with van der Waals surface area (Å²) in [6.07, 6.45) is 1.48. The number of rotatable bonds is 2. The van der Waals surface area contributed by atoms with Crippen LogP contribution in [0.4, 0.5) is 0 Å². The van der Waals surface area contributed by atoms with Crippen LogP contribution in [0.2, 0.25) is 0 Å². The Morgan fingerprint density at radius 2 is 1.92 bits per heavy atom. The number of aryl methyl sites for hydroxylation is 1. The number of benzene rings is 1. The molecule has 0 spiro atoms. The Kier molecular flexibility index (Phi) is 3.25. The van der Waals surface area contributed by atoms with Crippen molar-refractivity contribution in [2.45, 2.75) is 6.92 Å². The first-order chi connectivity index (χ1) is 6.09. The summed E-state index contributed by atoms with van der Waals surface area (Å²) in [6, 6.07) is 7.20. The Bertz CT molecular complexity index is 338. The zero-order chi connectivity index (χ0) is 9.84. The van der Waals surface area contributed by atoms with E-state index in [0.717, 1.165) is 5.56 Å². The van der Waals surface area contributed by atoms with Gasteiger partial charge in [-0.05, 0) is 17.9 Å². The largest absolute Gasteiger partial charge is 0.872 e. The van der Waals surface area contributed by atoms with Crippen LogP contribution in [0.25, 0.3) is 5.76 Å². The Morgan fingerprint density at radius 1 is 1.38 bits per heavy atom. The van der Waals surface area contributed by atoms with Crippen molar-refractivity contribution in [1.29, 1.82) is 0 Å². The number of hydrogen-bond donors (Lipinski definition) is 0. The van der Waals surface area contributed by atoms with E-state index in [4.69, 9.17) is 0 Å². The first-order valence-corrected chi connectivity index (χ1v) is 5.50. The van der Waals surface area contributed by atoms with E-state index in [2.05, 4.69) is 0 Å². The molecule has 1 aromatic carbocycles. The molecule has 1 unspecified atom stereocenters. The minimum absolute atomic E-state index is 0.180. The normalized spacial score (nSPS) is 14.2. The molecule has 0 aliphatic carbocycles. The van der Waals surface area contributed by atoms with E-state index in [-0.39, 0.29) is 5.76 Å². The second kappa shape index (κ2) is 4.23. The van der Waals surface area contributed by atoms with Gasteiger partial charge in [-0.15, -0.1) is 0 Å². The third-order valence-corrected chi connectivity index (χ3v) is 2.16. The maximum atomic E-state index is 11.3. The molecule has 0 radical (unpaired) electrons. The first-order valence-electron chi connectivity index (χ1n) is 3.87. The molecule has 0 N–H and O–H groups in total. The van der Waals surface area contributed by atoms with Crippen molar-refractivity contribution >= 4 is 16.6 Å². The lowest BCUT2D eigenvalue weighted by Crippen LogP contribution is -2.03. The zero-order valence-electron chi connectivity index (χ0n) is 7.61. The van der Waals surface area contributed by atoms with Gasteiger partial charge in [-0.25, -0.2) is 0 Å². The fourth-order valence-electron chi connectivity index (χ4n) is 0.937. The van der Waals surface area contributed by atoms with Crippen LogP contribution < -0.4 is 5.11 Å². The average Bonchev–Trinajstić information content (AvgIpc) is 2.04. The van der Waals surface area contributed by atoms with Gasteiger partial charge in [-0.2, -0.15) is 0 Å². The van der Waals surface area contributed by atoms with Gasteiger partial charge < -0.3 is 5.11 Å². The van der Waals surface area contributed by atoms with Crippen LogP contribution in [0.5, 0.6) is 0 Å². The van der Waals surface area contributed by atoms with Gasteiger partial charge in [-0.1, -0.05) is 35.6 Å². The highest BCUT2D eigenvalue weighted by Crippen LogP contribution is 2.09. The summed E-state index contributed by atoms with van der Waals surface area (Å²) >= 11 is 0. The second-order valence-electron chi connectivity index (χ2n) is 2.85. The molecule has 0 aromatic heterocycles. The molecule has 1 aromatic rings. The van der Waals surface area contributed by atoms with E-state index in [1.54, 1.807) is 12.1 Å². The number of hydrogen-bond acceptors (Lipinski definition) is 2. The highest BCUT2D eigenvalue weighted by Gasteiger charge is 1.90. The van der Waals surface area contributed by atoms with Gasteiger partial charge in [0, 0.05) is 17.1 Å². The van der Waals surface area contributed by atoms with E-state index in [1.165, 1.54) is 11.7 Å². The van der Waals surface area contributed by atoms with Gasteiger partial charge in [0.2, 0.25) is 0 Å². The van der Waals surface area contributed by atoms with Crippen molar-refractivity contribution < 1.29 is 9.32 Å². The molecule has 1 rings (SSSR count). The maximum Gasteiger partial charge on any atom is 0.0418 e. The smallest absolute Gasteiger partial charge is 0.0418 e. The molecule has 0 saturated heterocycles. The van der Waals surface area contributed by atoms with Crippen LogP contribution in [0.3, 0.4) is 0 Å². The average molecular weight is 195 g/mol. The fraction of sp³-hybridized carbons (Fsp3) is 0.200. The first kappa shape index (κ1) is 9.99. The van der Waals surface area contributed by atoms with Crippen molar-refractivity contribution in [3.8, 4) is 0 Å². The van der Waals surface area contributed by atoms with Crippen molar-refractivity contribution in [3.05, 3.63) is 40.8 Å². The summed E-state index contributed by atoms with van der Waals surface area (Å²) in [5, 5.41) is 12.5. The Labute approximate surface area is 80.4 Å². The van der Waals surface area contributed by atoms with Crippen LogP contribution in [0.15, 0.2) is 29.7 Å². The highest BCUT2D eigenvalue weighted by molar-refractivity contribution is 7.87. The van der Waals surface area contributed by atoms with Crippen molar-refractivity contribution in [2.75, 3.05) is 6.26 Å². The lowest BCUT2D eigenvalue weighted by atomic mass is 10.1. The topological polar surface area (TPSA) is 40.1 Å². The molecule has 0 bridgehead atoms. The molecule has 70 valence electrons. The molecule has 3 heteroatoms. The SMILES string of the molecule is Cc1ccc(/C([O-])=C/S(C)=O)cc1. The predicted molar refractivity (Wildman–Crippen MR) is 53.2 cm³/mol. The maximum absolute atomic E-state index is 11.3. The Morgan fingerprint density at radius 3 is 2.38 bits per heavy atom. The van der Waals surface area contributed by atoms with Crippen LogP contribution in [-0.4, -0.2) is 10.5 Å². The molecule has 0 amide bonds. The molecule has 2 nitrogen and oxygen atoms in total. The fourth-order valence-corrected chi connectivity index (χ4v) is 1.37. The molecule has 0 aliphatic rings. The summed E-state index contributed by atoms with van der Waals surface area (Å²) in [4.78, 5) is 0. The summed E-state index contributed by atoms with van der Waals surface area (Å²) in [5.41, 5.74) is 1.69. The van der Waals surface area contributed by atoms with E-state index in [1.807, 2.05) is 19.1 Å². The highest BCUT2D eigenvalue weighted by atomic mass is 32.2. The molecular formula is C10H11O2S-. The monoisotopic (exact) mass is 195 g/mol. The lowest BCUT2D eigenvalue weighted by Gasteiger charge is -2.11. The molecular weight excluding hydrogens is 184 g/mol. The van der Waals surface area contributed by atoms with E-state index in [0.29, 0.717) is 5.56 Å². The van der Waals surface area contributed by atoms with Crippen LogP contribution in [0, 0.1) is 6.92 Å². The van der Waals surface area contributed by atoms with Crippen LogP contribution >= 0.6 is 0 Å². The Hall–Kier alpha value is -1.09. The molecule has 0 heterocycles. The van der Waals surface area contributed by atoms with Crippen molar-refractivity contribution in [1.82, 2.24) is 0 Å². The van der Waals surface area contributed by atoms with Gasteiger partial charge in [-0.3, -0.25) is 4.21 Å². The minimum Gasteiger partial charge on any atom is -0.872 e. The van der Waals surface area contributed by atoms with Crippen molar-refractivity contribution in [3.63, 3.8) is 0 Å². The molecule has 1 atom stereocenters. The van der Waals surface area contributed by atoms with Gasteiger partial charge >= 0.3 is 0 Å². The summed E-state index contributed by atoms with van der Waals surface area (Å²) in [5.74, 6) is -0.180. The lowest BCUT2D eigenvalue weighted by molar-refractivity contribution is -0.243. The minimum atomic E-state index is -1.18. The molecule has 13 heavy (non-hydrogen) atoms. The van der Waals surface area contributed by atoms with E-state index in [9.17, 15) is 9.32 Å². The zero-order valence-corrected chi connectivity index (χ0v) is 8.43. The van der Waals surface area contributed by atoms with E-state index >= 15 is 0 Å². The molecule has 0 fully saturated rings. The third-order valence-electron chi connectivity index (χ3n) is 1.61. The summed E-state index contributed by atoms with van der Waals surface area (Å²) in [6.45, 7) is 1.95. The predicted octanol–water partition coefficient (Wildman–Crippen LogP) is 1.03. The quantitative estimate of drug-likeness (QED) is 0.661. The summed E-state index contributed by atoms with van der Waals surface area (Å²) in [7, 11) is -1.18. The van der Waals surface area contributed by atoms with E-state index < -0.39 is 10.8 Å². The van der Waals surface area contributed by atoms with Crippen molar-refractivity contribution in [2.24, 2.45) is 0 Å². The second-order valence-corrected chi connectivity index (χ2v) is 4.08. The van der Waals surface area contributed by atoms with Crippen LogP contribution in [0.1, 0.15) is 11.1 Å². The van der Waals surface area contributed by atoms with Crippen LogP contribution in [-0.2, 0) is 10.8 Å². The standard InChI is InChI=1S/C10H12O2S/c1-8-3-5-9(6-4-8)10(11)7-13(2)12/h3-7,11H,1-2H3/p-1/b10-7-. The summed E-state index contributed by atoms with van der Waals surface area (Å²) < 4.78 is 10.7. The molecule has 0 aliphatic heterocycles. The Balaban J connectivity index is 2.96. The van der Waals surface area contributed by atoms with Gasteiger partial charge in [0.1, 0.15) is 0 Å². The third kappa shape index (κ3) is 3.03.